The van der Waals surface area contributed by atoms with Gasteiger partial charge in [-0.3, -0.25) is 4.79 Å². The molecule has 0 bridgehead atoms. The Hall–Kier alpha value is -4.22. The van der Waals surface area contributed by atoms with E-state index in [-0.39, 0.29) is 28.6 Å². The van der Waals surface area contributed by atoms with Crippen LogP contribution in [0.15, 0.2) is 56.2 Å². The lowest BCUT2D eigenvalue weighted by atomic mass is 10.1. The number of carbonyl (C=O) groups excluding carboxylic acids is 1. The van der Waals surface area contributed by atoms with Crippen molar-refractivity contribution in [3.05, 3.63) is 59.8 Å². The van der Waals surface area contributed by atoms with E-state index < -0.39 is 51.4 Å². The van der Waals surface area contributed by atoms with Crippen LogP contribution < -0.4 is 10.6 Å². The minimum absolute atomic E-state index is 0.0835. The van der Waals surface area contributed by atoms with Gasteiger partial charge in [0.15, 0.2) is 9.84 Å². The molecule has 0 saturated heterocycles. The quantitative estimate of drug-likeness (QED) is 0.299. The van der Waals surface area contributed by atoms with Crippen LogP contribution in [0.2, 0.25) is 0 Å². The molecule has 2 atom stereocenters. The molecule has 4 aromatic rings. The molecule has 2 aromatic heterocycles. The topological polar surface area (TPSA) is 168 Å². The lowest BCUT2D eigenvalue weighted by molar-refractivity contribution is -0.341. The van der Waals surface area contributed by atoms with Gasteiger partial charge in [0.05, 0.1) is 28.9 Å². The average Bonchev–Trinajstić information content (AvgIpc) is 3.49. The predicted molar refractivity (Wildman–Crippen MR) is 139 cm³/mol. The van der Waals surface area contributed by atoms with Crippen LogP contribution >= 0.6 is 0 Å². The number of ether oxygens (including phenoxy) is 1. The summed E-state index contributed by atoms with van der Waals surface area (Å²) in [5, 5.41) is 14.8. The molecule has 0 spiro atoms. The Morgan fingerprint density at radius 1 is 0.977 bits per heavy atom. The number of hydrogen-bond donors (Lipinski definition) is 1. The summed E-state index contributed by atoms with van der Waals surface area (Å²) in [7, 11) is -3.60. The molecule has 17 heteroatoms. The summed E-state index contributed by atoms with van der Waals surface area (Å²) in [4.78, 5) is 14.2. The fourth-order valence-electron chi connectivity index (χ4n) is 4.58. The van der Waals surface area contributed by atoms with Crippen LogP contribution in [0.3, 0.4) is 0 Å². The van der Waals surface area contributed by atoms with Gasteiger partial charge >= 0.3 is 12.0 Å². The van der Waals surface area contributed by atoms with Gasteiger partial charge in [0.1, 0.15) is 0 Å². The van der Waals surface area contributed by atoms with Crippen LogP contribution in [0, 0.1) is 0 Å². The first-order chi connectivity index (χ1) is 20.3. The summed E-state index contributed by atoms with van der Waals surface area (Å²) >= 11 is 0. The molecule has 2 aliphatic rings. The number of benzene rings is 2. The molecule has 6 rings (SSSR count). The highest BCUT2D eigenvalue weighted by molar-refractivity contribution is 7.91. The monoisotopic (exact) mass is 622 g/mol. The molecule has 226 valence electrons. The molecule has 1 fully saturated rings. The van der Waals surface area contributed by atoms with Gasteiger partial charge in [-0.15, -0.1) is 20.4 Å². The Bertz CT molecular complexity index is 1800. The molecule has 12 nitrogen and oxygen atoms in total. The van der Waals surface area contributed by atoms with E-state index in [0.29, 0.717) is 30.0 Å². The molecule has 2 aromatic carbocycles. The Morgan fingerprint density at radius 2 is 1.63 bits per heavy atom. The number of methoxy groups -OCH3 is 1. The number of rotatable bonds is 7. The Morgan fingerprint density at radius 3 is 2.28 bits per heavy atom. The van der Waals surface area contributed by atoms with Crippen LogP contribution in [0.5, 0.6) is 0 Å². The largest absolute Gasteiger partial charge is 0.458 e. The molecule has 1 saturated carbocycles. The van der Waals surface area contributed by atoms with Crippen LogP contribution in [-0.4, -0.2) is 59.8 Å². The van der Waals surface area contributed by atoms with E-state index in [4.69, 9.17) is 14.6 Å². The molecule has 1 aliphatic heterocycles. The van der Waals surface area contributed by atoms with Crippen molar-refractivity contribution >= 4 is 21.4 Å². The van der Waals surface area contributed by atoms with Gasteiger partial charge in [-0.1, -0.05) is 12.1 Å². The predicted octanol–water partition coefficient (Wildman–Crippen LogP) is 3.64. The lowest BCUT2D eigenvalue weighted by Crippen LogP contribution is -2.45. The van der Waals surface area contributed by atoms with E-state index in [1.807, 2.05) is 0 Å². The highest BCUT2D eigenvalue weighted by Gasteiger charge is 2.62. The molecule has 0 radical (unpaired) electrons. The van der Waals surface area contributed by atoms with Gasteiger partial charge in [0, 0.05) is 24.2 Å². The summed E-state index contributed by atoms with van der Waals surface area (Å²) in [6, 6.07) is 8.87. The van der Waals surface area contributed by atoms with Gasteiger partial charge in [-0.25, -0.2) is 8.42 Å². The van der Waals surface area contributed by atoms with Crippen molar-refractivity contribution in [1.82, 2.24) is 20.4 Å². The minimum Gasteiger partial charge on any atom is -0.420 e. The summed E-state index contributed by atoms with van der Waals surface area (Å²) < 4.78 is 95.4. The zero-order chi connectivity index (χ0) is 30.7. The van der Waals surface area contributed by atoms with Crippen molar-refractivity contribution in [2.75, 3.05) is 17.8 Å². The third-order valence-electron chi connectivity index (χ3n) is 7.07. The van der Waals surface area contributed by atoms with E-state index in [2.05, 4.69) is 25.1 Å². The Balaban J connectivity index is 1.35. The number of aromatic nitrogens is 4. The maximum atomic E-state index is 14.6. The van der Waals surface area contributed by atoms with Crippen molar-refractivity contribution in [2.24, 2.45) is 5.73 Å². The summed E-state index contributed by atoms with van der Waals surface area (Å²) in [5.41, 5.74) is 6.97. The first-order valence-electron chi connectivity index (χ1n) is 12.8. The first kappa shape index (κ1) is 28.9. The smallest absolute Gasteiger partial charge is 0.420 e. The zero-order valence-electron chi connectivity index (χ0n) is 22.2. The molecule has 1 unspecified atom stereocenters. The van der Waals surface area contributed by atoms with Crippen LogP contribution in [0.25, 0.3) is 22.9 Å². The standard InChI is InChI=1S/C26H22F4N6O6S/c1-40-25(27,26(28,29)30)24-35-34-22(42-24)16-8-9-19-18(10-16)36(23(37)17(31)12-43(19,38)39)11-13-2-4-14(5-3-13)20-32-33-21(41-20)15-6-7-15/h2-5,8-10,15,17H,6-7,11-12,31H2,1H3/t17-,25?/m0/s1. The van der Waals surface area contributed by atoms with E-state index in [1.165, 1.54) is 12.1 Å². The molecule has 43 heavy (non-hydrogen) atoms. The highest BCUT2D eigenvalue weighted by atomic mass is 32.2. The second kappa shape index (κ2) is 10.2. The number of carbonyl (C=O) groups is 1. The van der Waals surface area contributed by atoms with E-state index >= 15 is 0 Å². The second-order valence-corrected chi connectivity index (χ2v) is 12.1. The number of amides is 1. The van der Waals surface area contributed by atoms with Crippen molar-refractivity contribution in [2.45, 2.75) is 48.3 Å². The van der Waals surface area contributed by atoms with Crippen LogP contribution in [0.4, 0.5) is 23.2 Å². The average molecular weight is 623 g/mol. The van der Waals surface area contributed by atoms with E-state index in [0.717, 1.165) is 23.8 Å². The number of fused-ring (bicyclic) bond motifs is 1. The maximum absolute atomic E-state index is 14.6. The molecule has 1 aliphatic carbocycles. The van der Waals surface area contributed by atoms with Crippen LogP contribution in [-0.2, 0) is 31.8 Å². The number of nitrogens with two attached hydrogens (primary N) is 1. The van der Waals surface area contributed by atoms with E-state index in [1.54, 1.807) is 24.3 Å². The SMILES string of the molecule is COC(F)(c1nnc(-c2ccc3c(c2)N(Cc2ccc(-c4nnc(C5CC5)o4)cc2)C(=O)[C@@H](N)CS3(=O)=O)o1)C(F)(F)F. The molecular weight excluding hydrogens is 600 g/mol. The highest BCUT2D eigenvalue weighted by Crippen LogP contribution is 2.44. The molecule has 2 N–H and O–H groups in total. The third-order valence-corrected chi connectivity index (χ3v) is 8.88. The van der Waals surface area contributed by atoms with Crippen molar-refractivity contribution in [1.29, 1.82) is 0 Å². The third kappa shape index (κ3) is 5.16. The molecule has 3 heterocycles. The van der Waals surface area contributed by atoms with Gasteiger partial charge < -0.3 is 24.2 Å². The van der Waals surface area contributed by atoms with Gasteiger partial charge in [-0.05, 0) is 48.7 Å². The van der Waals surface area contributed by atoms with Gasteiger partial charge in [0.25, 0.3) is 5.89 Å². The number of nitrogens with zero attached hydrogens (tertiary/aromatic N) is 5. The number of hydrogen-bond acceptors (Lipinski definition) is 11. The van der Waals surface area contributed by atoms with Crippen molar-refractivity contribution in [3.8, 4) is 22.9 Å². The second-order valence-electron chi connectivity index (χ2n) is 10.1. The molecule has 1 amide bonds. The summed E-state index contributed by atoms with van der Waals surface area (Å²) in [6.07, 6.45) is -3.54. The fourth-order valence-corrected chi connectivity index (χ4v) is 6.14. The number of alkyl halides is 4. The zero-order valence-corrected chi connectivity index (χ0v) is 23.0. The number of halogens is 4. The van der Waals surface area contributed by atoms with Crippen molar-refractivity contribution in [3.63, 3.8) is 0 Å². The summed E-state index contributed by atoms with van der Waals surface area (Å²) in [6.45, 7) is -0.129. The first-order valence-corrected chi connectivity index (χ1v) is 14.5. The number of anilines is 1. The minimum atomic E-state index is -5.54. The maximum Gasteiger partial charge on any atom is 0.458 e. The normalized spacial score (nSPS) is 20.0. The summed E-state index contributed by atoms with van der Waals surface area (Å²) in [5.74, 6) is -6.68. The lowest BCUT2D eigenvalue weighted by Gasteiger charge is -2.24. The Labute approximate surface area is 240 Å². The number of sulfone groups is 1. The Kier molecular flexibility index (Phi) is 6.85. The van der Waals surface area contributed by atoms with Crippen LogP contribution in [0.1, 0.15) is 36.1 Å². The van der Waals surface area contributed by atoms with Crippen molar-refractivity contribution < 1.29 is 44.3 Å². The van der Waals surface area contributed by atoms with Gasteiger partial charge in [0.2, 0.25) is 23.6 Å². The van der Waals surface area contributed by atoms with E-state index in [9.17, 15) is 30.8 Å². The molecular formula is C26H22F4N6O6S. The van der Waals surface area contributed by atoms with Gasteiger partial charge in [-0.2, -0.15) is 17.6 Å². The fraction of sp³-hybridized carbons (Fsp3) is 0.346.